The van der Waals surface area contributed by atoms with E-state index in [2.05, 4.69) is 16.9 Å². The van der Waals surface area contributed by atoms with Gasteiger partial charge in [0, 0.05) is 25.2 Å². The fourth-order valence-corrected chi connectivity index (χ4v) is 3.07. The average molecular weight is 273 g/mol. The van der Waals surface area contributed by atoms with Gasteiger partial charge in [-0.3, -0.25) is 9.78 Å². The third-order valence-corrected chi connectivity index (χ3v) is 4.31. The Kier molecular flexibility index (Phi) is 4.01. The van der Waals surface area contributed by atoms with Crippen LogP contribution in [0.25, 0.3) is 0 Å². The second-order valence-corrected chi connectivity index (χ2v) is 6.20. The summed E-state index contributed by atoms with van der Waals surface area (Å²) in [4.78, 5) is 21.1. The zero-order valence-corrected chi connectivity index (χ0v) is 12.2. The number of aromatic nitrogens is 1. The maximum Gasteiger partial charge on any atom is 0.230 e. The summed E-state index contributed by atoms with van der Waals surface area (Å²) in [6, 6.07) is 3.91. The summed E-state index contributed by atoms with van der Waals surface area (Å²) in [5.74, 6) is 1.14. The number of carbonyl (C=O) groups is 1. The molecule has 0 aromatic carbocycles. The number of carbonyl (C=O) groups excluding carboxylic acids is 1. The van der Waals surface area contributed by atoms with Crippen molar-refractivity contribution >= 4 is 11.6 Å². The van der Waals surface area contributed by atoms with Crippen LogP contribution in [0, 0.1) is 11.8 Å². The van der Waals surface area contributed by atoms with Gasteiger partial charge in [-0.1, -0.05) is 0 Å². The van der Waals surface area contributed by atoms with Gasteiger partial charge in [-0.15, -0.1) is 0 Å². The number of piperidine rings is 1. The molecule has 1 aromatic heterocycles. The van der Waals surface area contributed by atoms with Crippen molar-refractivity contribution in [2.24, 2.45) is 11.8 Å². The zero-order chi connectivity index (χ0) is 13.9. The van der Waals surface area contributed by atoms with Crippen molar-refractivity contribution in [2.45, 2.75) is 25.7 Å². The van der Waals surface area contributed by atoms with Gasteiger partial charge in [0.1, 0.15) is 0 Å². The minimum absolute atomic E-state index is 0.261. The van der Waals surface area contributed by atoms with Crippen molar-refractivity contribution in [1.82, 2.24) is 9.88 Å². The van der Waals surface area contributed by atoms with Gasteiger partial charge in [-0.05, 0) is 57.3 Å². The Morgan fingerprint density at radius 1 is 1.45 bits per heavy atom. The highest BCUT2D eigenvalue weighted by molar-refractivity contribution is 5.96. The van der Waals surface area contributed by atoms with Crippen LogP contribution in [0.15, 0.2) is 24.5 Å². The van der Waals surface area contributed by atoms with Crippen molar-refractivity contribution in [3.63, 3.8) is 0 Å². The maximum absolute atomic E-state index is 12.5. The monoisotopic (exact) mass is 273 g/mol. The van der Waals surface area contributed by atoms with Gasteiger partial charge in [0.05, 0.1) is 11.9 Å². The fraction of sp³-hybridized carbons (Fsp3) is 0.625. The van der Waals surface area contributed by atoms with Crippen LogP contribution in [0.1, 0.15) is 25.7 Å². The van der Waals surface area contributed by atoms with Gasteiger partial charge in [0.2, 0.25) is 5.91 Å². The summed E-state index contributed by atoms with van der Waals surface area (Å²) in [5.41, 5.74) is 0.956. The Balaban J connectivity index is 1.73. The van der Waals surface area contributed by atoms with Crippen molar-refractivity contribution < 1.29 is 4.79 Å². The van der Waals surface area contributed by atoms with Gasteiger partial charge >= 0.3 is 0 Å². The summed E-state index contributed by atoms with van der Waals surface area (Å²) in [5, 5.41) is 0. The first kappa shape index (κ1) is 13.6. The van der Waals surface area contributed by atoms with E-state index in [0.29, 0.717) is 11.8 Å². The van der Waals surface area contributed by atoms with Crippen LogP contribution in [-0.2, 0) is 4.79 Å². The SMILES string of the molecule is CN1CCC[C@@H](CN(C(=O)C2CC2)c2cccnc2)C1. The molecule has 0 radical (unpaired) electrons. The predicted molar refractivity (Wildman–Crippen MR) is 79.5 cm³/mol. The smallest absolute Gasteiger partial charge is 0.230 e. The summed E-state index contributed by atoms with van der Waals surface area (Å²) in [6.45, 7) is 3.11. The van der Waals surface area contributed by atoms with Gasteiger partial charge in [-0.25, -0.2) is 0 Å². The topological polar surface area (TPSA) is 36.4 Å². The zero-order valence-electron chi connectivity index (χ0n) is 12.2. The van der Waals surface area contributed by atoms with E-state index in [0.717, 1.165) is 31.6 Å². The Hall–Kier alpha value is -1.42. The number of amides is 1. The van der Waals surface area contributed by atoms with E-state index in [1.807, 2.05) is 23.2 Å². The highest BCUT2D eigenvalue weighted by Crippen LogP contribution is 2.33. The second kappa shape index (κ2) is 5.92. The molecule has 20 heavy (non-hydrogen) atoms. The van der Waals surface area contributed by atoms with Crippen LogP contribution in [0.5, 0.6) is 0 Å². The van der Waals surface area contributed by atoms with Crippen LogP contribution in [-0.4, -0.2) is 42.5 Å². The van der Waals surface area contributed by atoms with Crippen LogP contribution < -0.4 is 4.90 Å². The van der Waals surface area contributed by atoms with E-state index in [9.17, 15) is 4.79 Å². The molecule has 0 unspecified atom stereocenters. The first-order chi connectivity index (χ1) is 9.74. The standard InChI is InChI=1S/C16H23N3O/c1-18-9-3-4-13(11-18)12-19(16(20)14-6-7-14)15-5-2-8-17-10-15/h2,5,8,10,13-14H,3-4,6-7,9,11-12H2,1H3/t13-/m1/s1. The Morgan fingerprint density at radius 2 is 2.30 bits per heavy atom. The Bertz CT molecular complexity index is 458. The molecular weight excluding hydrogens is 250 g/mol. The highest BCUT2D eigenvalue weighted by Gasteiger charge is 2.35. The van der Waals surface area contributed by atoms with E-state index in [4.69, 9.17) is 0 Å². The Morgan fingerprint density at radius 3 is 2.95 bits per heavy atom. The summed E-state index contributed by atoms with van der Waals surface area (Å²) < 4.78 is 0. The van der Waals surface area contributed by atoms with Crippen molar-refractivity contribution in [3.8, 4) is 0 Å². The van der Waals surface area contributed by atoms with E-state index in [1.165, 1.54) is 19.4 Å². The van der Waals surface area contributed by atoms with Crippen LogP contribution >= 0.6 is 0 Å². The number of hydrogen-bond donors (Lipinski definition) is 0. The lowest BCUT2D eigenvalue weighted by Gasteiger charge is -2.33. The van der Waals surface area contributed by atoms with Crippen LogP contribution in [0.4, 0.5) is 5.69 Å². The van der Waals surface area contributed by atoms with Gasteiger partial charge in [0.15, 0.2) is 0 Å². The predicted octanol–water partition coefficient (Wildman–Crippen LogP) is 2.17. The molecule has 1 saturated carbocycles. The molecule has 4 heteroatoms. The lowest BCUT2D eigenvalue weighted by molar-refractivity contribution is -0.120. The third kappa shape index (κ3) is 3.18. The van der Waals surface area contributed by atoms with E-state index in [-0.39, 0.29) is 5.92 Å². The first-order valence-corrected chi connectivity index (χ1v) is 7.64. The molecule has 1 atom stereocenters. The minimum atomic E-state index is 0.261. The van der Waals surface area contributed by atoms with Crippen molar-refractivity contribution in [2.75, 3.05) is 31.6 Å². The number of likely N-dealkylation sites (tertiary alicyclic amines) is 1. The van der Waals surface area contributed by atoms with Crippen LogP contribution in [0.3, 0.4) is 0 Å². The van der Waals surface area contributed by atoms with Gasteiger partial charge in [0.25, 0.3) is 0 Å². The molecule has 0 bridgehead atoms. The quantitative estimate of drug-likeness (QED) is 0.843. The molecule has 2 aliphatic rings. The molecule has 3 rings (SSSR count). The largest absolute Gasteiger partial charge is 0.310 e. The normalized spacial score (nSPS) is 23.6. The number of rotatable bonds is 4. The van der Waals surface area contributed by atoms with Crippen molar-refractivity contribution in [1.29, 1.82) is 0 Å². The highest BCUT2D eigenvalue weighted by atomic mass is 16.2. The van der Waals surface area contributed by atoms with E-state index < -0.39 is 0 Å². The number of anilines is 1. The number of pyridine rings is 1. The molecule has 2 fully saturated rings. The lowest BCUT2D eigenvalue weighted by Crippen LogP contribution is -2.42. The molecule has 1 amide bonds. The summed E-state index contributed by atoms with van der Waals surface area (Å²) in [7, 11) is 2.17. The first-order valence-electron chi connectivity index (χ1n) is 7.64. The van der Waals surface area contributed by atoms with E-state index in [1.54, 1.807) is 6.20 Å². The second-order valence-electron chi connectivity index (χ2n) is 6.20. The molecule has 0 spiro atoms. The maximum atomic E-state index is 12.5. The molecule has 1 aliphatic carbocycles. The number of nitrogens with zero attached hydrogens (tertiary/aromatic N) is 3. The Labute approximate surface area is 120 Å². The molecule has 1 aromatic rings. The van der Waals surface area contributed by atoms with Gasteiger partial charge < -0.3 is 9.80 Å². The molecule has 1 aliphatic heterocycles. The van der Waals surface area contributed by atoms with Crippen LogP contribution in [0.2, 0.25) is 0 Å². The molecule has 4 nitrogen and oxygen atoms in total. The third-order valence-electron chi connectivity index (χ3n) is 4.31. The van der Waals surface area contributed by atoms with Gasteiger partial charge in [-0.2, -0.15) is 0 Å². The summed E-state index contributed by atoms with van der Waals surface area (Å²) in [6.07, 6.45) is 8.14. The number of hydrogen-bond acceptors (Lipinski definition) is 3. The molecule has 108 valence electrons. The van der Waals surface area contributed by atoms with Crippen molar-refractivity contribution in [3.05, 3.63) is 24.5 Å². The molecule has 1 saturated heterocycles. The lowest BCUT2D eigenvalue weighted by atomic mass is 9.97. The minimum Gasteiger partial charge on any atom is -0.310 e. The van der Waals surface area contributed by atoms with E-state index >= 15 is 0 Å². The molecule has 0 N–H and O–H groups in total. The average Bonchev–Trinajstić information content (AvgIpc) is 3.30. The fourth-order valence-electron chi connectivity index (χ4n) is 3.07. The summed E-state index contributed by atoms with van der Waals surface area (Å²) >= 11 is 0. The molecule has 2 heterocycles. The molecular formula is C16H23N3O.